The Kier molecular flexibility index (Phi) is 2.40. The molecule has 16 heavy (non-hydrogen) atoms. The van der Waals surface area contributed by atoms with Gasteiger partial charge in [-0.25, -0.2) is 4.98 Å². The third kappa shape index (κ3) is 1.61. The van der Waals surface area contributed by atoms with E-state index in [-0.39, 0.29) is 0 Å². The van der Waals surface area contributed by atoms with Crippen molar-refractivity contribution in [1.29, 1.82) is 0 Å². The van der Waals surface area contributed by atoms with Crippen LogP contribution in [0.25, 0.3) is 11.2 Å². The molecule has 0 saturated carbocycles. The molecule has 0 unspecified atom stereocenters. The second kappa shape index (κ2) is 3.90. The highest BCUT2D eigenvalue weighted by Gasteiger charge is 2.21. The average Bonchev–Trinajstić information content (AvgIpc) is 2.77. The quantitative estimate of drug-likeness (QED) is 0.765. The van der Waals surface area contributed by atoms with E-state index in [0.29, 0.717) is 5.28 Å². The van der Waals surface area contributed by atoms with Gasteiger partial charge in [0.25, 0.3) is 0 Å². The van der Waals surface area contributed by atoms with E-state index in [9.17, 15) is 0 Å². The fraction of sp³-hybridized carbons (Fsp3) is 0.500. The van der Waals surface area contributed by atoms with Crippen LogP contribution in [-0.2, 0) is 0 Å². The Labute approximate surface area is 97.9 Å². The highest BCUT2D eigenvalue weighted by atomic mass is 35.5. The summed E-state index contributed by atoms with van der Waals surface area (Å²) in [6, 6.07) is 0. The number of H-pyrrole nitrogens is 2. The van der Waals surface area contributed by atoms with Crippen molar-refractivity contribution < 1.29 is 4.98 Å². The lowest BCUT2D eigenvalue weighted by Crippen LogP contribution is -2.30. The fourth-order valence-electron chi connectivity index (χ4n) is 2.17. The fourth-order valence-corrected chi connectivity index (χ4v) is 2.34. The first-order valence-electron chi connectivity index (χ1n) is 5.52. The minimum absolute atomic E-state index is 0.295. The van der Waals surface area contributed by atoms with E-state index < -0.39 is 0 Å². The van der Waals surface area contributed by atoms with Gasteiger partial charge in [0.05, 0.1) is 0 Å². The van der Waals surface area contributed by atoms with Gasteiger partial charge < -0.3 is 4.90 Å². The Morgan fingerprint density at radius 2 is 2.06 bits per heavy atom. The number of piperidine rings is 1. The first-order chi connectivity index (χ1) is 7.84. The van der Waals surface area contributed by atoms with Crippen LogP contribution in [0.4, 0.5) is 5.82 Å². The molecule has 1 aliphatic rings. The summed E-state index contributed by atoms with van der Waals surface area (Å²) in [4.78, 5) is 16.9. The van der Waals surface area contributed by atoms with Crippen molar-refractivity contribution in [3.05, 3.63) is 11.6 Å². The molecule has 5 nitrogen and oxygen atoms in total. The van der Waals surface area contributed by atoms with Crippen LogP contribution < -0.4 is 9.88 Å². The summed E-state index contributed by atoms with van der Waals surface area (Å²) in [6.45, 7) is 2.09. The number of hydrogen-bond acceptors (Lipinski definition) is 3. The van der Waals surface area contributed by atoms with Gasteiger partial charge in [0, 0.05) is 13.1 Å². The molecule has 3 rings (SSSR count). The number of rotatable bonds is 1. The van der Waals surface area contributed by atoms with E-state index >= 15 is 0 Å². The van der Waals surface area contributed by atoms with Gasteiger partial charge in [-0.15, -0.1) is 0 Å². The molecule has 2 N–H and O–H groups in total. The summed E-state index contributed by atoms with van der Waals surface area (Å²) in [5.41, 5.74) is 1.70. The van der Waals surface area contributed by atoms with Crippen LogP contribution in [0.1, 0.15) is 19.3 Å². The van der Waals surface area contributed by atoms with Gasteiger partial charge in [0.15, 0.2) is 12.1 Å². The van der Waals surface area contributed by atoms with E-state index in [4.69, 9.17) is 11.6 Å². The number of nitrogens with zero attached hydrogens (tertiary/aromatic N) is 3. The van der Waals surface area contributed by atoms with E-state index in [2.05, 4.69) is 24.8 Å². The highest BCUT2D eigenvalue weighted by molar-refractivity contribution is 6.28. The van der Waals surface area contributed by atoms with Crippen LogP contribution in [-0.4, -0.2) is 28.0 Å². The number of anilines is 1. The Morgan fingerprint density at radius 3 is 2.88 bits per heavy atom. The van der Waals surface area contributed by atoms with Gasteiger partial charge in [-0.05, 0) is 30.9 Å². The molecule has 1 saturated heterocycles. The molecule has 84 valence electrons. The molecule has 3 heterocycles. The maximum atomic E-state index is 5.92. The van der Waals surface area contributed by atoms with Crippen LogP contribution in [0, 0.1) is 0 Å². The van der Waals surface area contributed by atoms with Gasteiger partial charge >= 0.3 is 10.9 Å². The van der Waals surface area contributed by atoms with Crippen molar-refractivity contribution in [1.82, 2.24) is 15.0 Å². The minimum atomic E-state index is 0.295. The topological polar surface area (TPSA) is 59.0 Å². The highest BCUT2D eigenvalue weighted by Crippen LogP contribution is 2.24. The van der Waals surface area contributed by atoms with Gasteiger partial charge in [0.1, 0.15) is 0 Å². The molecule has 6 heteroatoms. The smallest absolute Gasteiger partial charge is 0.306 e. The predicted octanol–water partition coefficient (Wildman–Crippen LogP) is 1.42. The standard InChI is InChI=1S/C10H12ClN5/c11-10-14-8-7(12-6-13-8)9(15-10)16-4-2-1-3-5-16/h6H,1-5H2,(H,12,13,14,15)/p+1. The summed E-state index contributed by atoms with van der Waals surface area (Å²) < 4.78 is 0. The number of imidazole rings is 1. The third-order valence-electron chi connectivity index (χ3n) is 2.94. The number of fused-ring (bicyclic) bond motifs is 1. The summed E-state index contributed by atoms with van der Waals surface area (Å²) in [5.74, 6) is 0.913. The zero-order chi connectivity index (χ0) is 11.0. The normalized spacial score (nSPS) is 16.9. The summed E-state index contributed by atoms with van der Waals surface area (Å²) >= 11 is 5.92. The van der Waals surface area contributed by atoms with Gasteiger partial charge in [-0.2, -0.15) is 4.98 Å². The number of aromatic nitrogens is 4. The number of halogens is 1. The van der Waals surface area contributed by atoms with Gasteiger partial charge in [-0.3, -0.25) is 4.98 Å². The SMILES string of the molecule is Clc1nc(N2CCCCC2)c2[nH]c[nH+]c2n1. The van der Waals surface area contributed by atoms with Crippen molar-refractivity contribution in [2.45, 2.75) is 19.3 Å². The Balaban J connectivity index is 2.09. The molecule has 1 fully saturated rings. The maximum Gasteiger partial charge on any atom is 0.306 e. The minimum Gasteiger partial charge on any atom is -0.353 e. The van der Waals surface area contributed by atoms with Crippen molar-refractivity contribution in [2.24, 2.45) is 0 Å². The van der Waals surface area contributed by atoms with Crippen LogP contribution >= 0.6 is 11.6 Å². The van der Waals surface area contributed by atoms with Crippen molar-refractivity contribution in [3.8, 4) is 0 Å². The molecule has 0 atom stereocenters. The molecular formula is C10H13ClN5+. The largest absolute Gasteiger partial charge is 0.353 e. The second-order valence-electron chi connectivity index (χ2n) is 4.02. The number of hydrogen-bond donors (Lipinski definition) is 1. The molecule has 0 radical (unpaired) electrons. The Bertz CT molecular complexity index is 503. The second-order valence-corrected chi connectivity index (χ2v) is 4.36. The molecule has 2 aromatic rings. The molecule has 0 spiro atoms. The molecular weight excluding hydrogens is 226 g/mol. The lowest BCUT2D eigenvalue weighted by molar-refractivity contribution is -0.347. The number of nitrogens with one attached hydrogen (secondary N) is 2. The van der Waals surface area contributed by atoms with Crippen LogP contribution in [0.15, 0.2) is 6.33 Å². The first kappa shape index (κ1) is 9.84. The zero-order valence-electron chi connectivity index (χ0n) is 8.83. The average molecular weight is 239 g/mol. The van der Waals surface area contributed by atoms with E-state index in [1.165, 1.54) is 19.3 Å². The molecule has 0 bridgehead atoms. The first-order valence-corrected chi connectivity index (χ1v) is 5.89. The van der Waals surface area contributed by atoms with E-state index in [1.54, 1.807) is 6.33 Å². The Morgan fingerprint density at radius 1 is 1.25 bits per heavy atom. The predicted molar refractivity (Wildman–Crippen MR) is 61.5 cm³/mol. The van der Waals surface area contributed by atoms with Crippen LogP contribution in [0.3, 0.4) is 0 Å². The van der Waals surface area contributed by atoms with Gasteiger partial charge in [-0.1, -0.05) is 4.98 Å². The molecule has 0 aromatic carbocycles. The van der Waals surface area contributed by atoms with Crippen molar-refractivity contribution in [3.63, 3.8) is 0 Å². The molecule has 2 aromatic heterocycles. The summed E-state index contributed by atoms with van der Waals surface area (Å²) in [7, 11) is 0. The third-order valence-corrected chi connectivity index (χ3v) is 3.11. The van der Waals surface area contributed by atoms with Crippen molar-refractivity contribution >= 4 is 28.6 Å². The zero-order valence-corrected chi connectivity index (χ0v) is 9.59. The van der Waals surface area contributed by atoms with Crippen LogP contribution in [0.2, 0.25) is 5.28 Å². The summed E-state index contributed by atoms with van der Waals surface area (Å²) in [6.07, 6.45) is 5.49. The lowest BCUT2D eigenvalue weighted by atomic mass is 10.1. The summed E-state index contributed by atoms with van der Waals surface area (Å²) in [5, 5.41) is 0.295. The van der Waals surface area contributed by atoms with Crippen molar-refractivity contribution in [2.75, 3.05) is 18.0 Å². The number of aromatic amines is 2. The molecule has 1 aliphatic heterocycles. The molecule has 0 amide bonds. The van der Waals surface area contributed by atoms with E-state index in [1.807, 2.05) is 0 Å². The van der Waals surface area contributed by atoms with Gasteiger partial charge in [0.2, 0.25) is 5.52 Å². The molecule has 0 aliphatic carbocycles. The monoisotopic (exact) mass is 238 g/mol. The maximum absolute atomic E-state index is 5.92. The lowest BCUT2D eigenvalue weighted by Gasteiger charge is -2.26. The van der Waals surface area contributed by atoms with Crippen LogP contribution in [0.5, 0.6) is 0 Å². The Hall–Kier alpha value is -1.36. The van der Waals surface area contributed by atoms with E-state index in [0.717, 1.165) is 30.1 Å².